The van der Waals surface area contributed by atoms with Gasteiger partial charge in [-0.25, -0.2) is 4.79 Å². The minimum atomic E-state index is -5.10. The number of ketones is 1. The topological polar surface area (TPSA) is 181 Å². The molecule has 0 spiro atoms. The number of halogens is 8. The Labute approximate surface area is 356 Å². The SMILES string of the molecule is COc1ccc([C@H](NC(=O)[C@H](Cc2ccc(CNC(=O)OC(C)(C)C)cc2)NC(=O)C(F)(F)c2cccc(Cl)c2)C(=O)N[C@H](C(=O)C(F)(F)C(=O)NCC(F)(F)F)C(C)C)cc1. The minimum Gasteiger partial charge on any atom is -0.497 e. The number of hydrogen-bond donors (Lipinski definition) is 5. The fourth-order valence-electron chi connectivity index (χ4n) is 5.50. The zero-order chi connectivity index (χ0) is 46.8. The van der Waals surface area contributed by atoms with Crippen molar-refractivity contribution in [3.05, 3.63) is 100 Å². The van der Waals surface area contributed by atoms with Crippen LogP contribution in [-0.4, -0.2) is 78.9 Å². The van der Waals surface area contributed by atoms with Crippen LogP contribution in [0.1, 0.15) is 62.9 Å². The molecule has 13 nitrogen and oxygen atoms in total. The maximum Gasteiger partial charge on any atom is 0.407 e. The van der Waals surface area contributed by atoms with E-state index in [4.69, 9.17) is 21.1 Å². The van der Waals surface area contributed by atoms with E-state index in [0.29, 0.717) is 5.56 Å². The van der Waals surface area contributed by atoms with E-state index in [0.717, 1.165) is 17.4 Å². The summed E-state index contributed by atoms with van der Waals surface area (Å²) in [6.45, 7) is 5.19. The van der Waals surface area contributed by atoms with E-state index in [1.807, 2.05) is 10.6 Å². The van der Waals surface area contributed by atoms with Gasteiger partial charge in [-0.2, -0.15) is 30.7 Å². The van der Waals surface area contributed by atoms with Crippen molar-refractivity contribution in [2.45, 2.75) is 89.3 Å². The van der Waals surface area contributed by atoms with Crippen molar-refractivity contribution in [3.63, 3.8) is 0 Å². The molecule has 3 aromatic carbocycles. The van der Waals surface area contributed by atoms with E-state index in [9.17, 15) is 41.9 Å². The third kappa shape index (κ3) is 14.6. The van der Waals surface area contributed by atoms with Crippen LogP contribution in [0.25, 0.3) is 0 Å². The number of ether oxygens (including phenoxy) is 2. The zero-order valence-electron chi connectivity index (χ0n) is 34.1. The Morgan fingerprint density at radius 1 is 0.726 bits per heavy atom. The average molecular weight is 904 g/mol. The first-order chi connectivity index (χ1) is 28.6. The fraction of sp³-hybridized carbons (Fsp3) is 0.415. The third-order valence-corrected chi connectivity index (χ3v) is 8.92. The van der Waals surface area contributed by atoms with Crippen LogP contribution in [0.2, 0.25) is 5.02 Å². The van der Waals surface area contributed by atoms with Crippen LogP contribution in [0.5, 0.6) is 5.75 Å². The normalized spacial score (nSPS) is 13.5. The van der Waals surface area contributed by atoms with Crippen molar-refractivity contribution in [1.82, 2.24) is 26.6 Å². The van der Waals surface area contributed by atoms with Crippen molar-refractivity contribution < 1.29 is 69.0 Å². The molecule has 0 saturated heterocycles. The van der Waals surface area contributed by atoms with Gasteiger partial charge in [-0.3, -0.25) is 24.0 Å². The lowest BCUT2D eigenvalue weighted by atomic mass is 9.94. The molecular formula is C41H45ClF7N5O8. The summed E-state index contributed by atoms with van der Waals surface area (Å²) in [5.74, 6) is -19.8. The summed E-state index contributed by atoms with van der Waals surface area (Å²) in [5.41, 5.74) is -0.858. The highest BCUT2D eigenvalue weighted by Gasteiger charge is 2.52. The summed E-state index contributed by atoms with van der Waals surface area (Å²) in [5, 5.41) is 9.70. The van der Waals surface area contributed by atoms with E-state index in [2.05, 4.69) is 10.6 Å². The highest BCUT2D eigenvalue weighted by Crippen LogP contribution is 2.31. The van der Waals surface area contributed by atoms with E-state index in [1.165, 1.54) is 81.6 Å². The smallest absolute Gasteiger partial charge is 0.407 e. The maximum atomic E-state index is 15.6. The van der Waals surface area contributed by atoms with Gasteiger partial charge in [-0.05, 0) is 67.6 Å². The second-order valence-corrected chi connectivity index (χ2v) is 15.6. The van der Waals surface area contributed by atoms with Crippen LogP contribution in [0.4, 0.5) is 35.5 Å². The monoisotopic (exact) mass is 903 g/mol. The van der Waals surface area contributed by atoms with E-state index >= 15 is 17.6 Å². The largest absolute Gasteiger partial charge is 0.497 e. The maximum absolute atomic E-state index is 15.6. The van der Waals surface area contributed by atoms with E-state index in [-0.39, 0.29) is 28.4 Å². The van der Waals surface area contributed by atoms with Crippen LogP contribution in [0.15, 0.2) is 72.8 Å². The highest BCUT2D eigenvalue weighted by atomic mass is 35.5. The third-order valence-electron chi connectivity index (χ3n) is 8.68. The van der Waals surface area contributed by atoms with Crippen molar-refractivity contribution in [2.75, 3.05) is 13.7 Å². The fourth-order valence-corrected chi connectivity index (χ4v) is 5.69. The number of amides is 5. The number of benzene rings is 3. The quantitative estimate of drug-likeness (QED) is 0.0754. The number of rotatable bonds is 18. The number of Topliss-reactive ketones (excluding diaryl/α,β-unsaturated/α-hetero) is 1. The minimum absolute atomic E-state index is 0.00436. The van der Waals surface area contributed by atoms with Gasteiger partial charge >= 0.3 is 24.1 Å². The average Bonchev–Trinajstić information content (AvgIpc) is 3.18. The van der Waals surface area contributed by atoms with Gasteiger partial charge in [0, 0.05) is 23.6 Å². The molecule has 0 fully saturated rings. The Balaban J connectivity index is 2.00. The van der Waals surface area contributed by atoms with Gasteiger partial charge in [-0.1, -0.05) is 74.0 Å². The summed E-state index contributed by atoms with van der Waals surface area (Å²) in [7, 11) is 1.31. The van der Waals surface area contributed by atoms with E-state index in [1.54, 1.807) is 20.8 Å². The van der Waals surface area contributed by atoms with Crippen LogP contribution < -0.4 is 31.3 Å². The molecule has 62 heavy (non-hydrogen) atoms. The molecule has 3 atom stereocenters. The van der Waals surface area contributed by atoms with Crippen LogP contribution in [-0.2, 0) is 47.6 Å². The Kier molecular flexibility index (Phi) is 16.9. The molecule has 5 amide bonds. The molecule has 338 valence electrons. The highest BCUT2D eigenvalue weighted by molar-refractivity contribution is 6.30. The summed E-state index contributed by atoms with van der Waals surface area (Å²) < 4.78 is 109. The molecule has 3 rings (SSSR count). The Hall–Kier alpha value is -5.92. The van der Waals surface area contributed by atoms with Crippen LogP contribution >= 0.6 is 11.6 Å². The molecule has 0 bridgehead atoms. The lowest BCUT2D eigenvalue weighted by Gasteiger charge is -2.29. The van der Waals surface area contributed by atoms with Crippen LogP contribution in [0.3, 0.4) is 0 Å². The molecule has 0 saturated carbocycles. The number of nitrogens with one attached hydrogen (secondary N) is 5. The molecule has 0 heterocycles. The number of alkyl carbamates (subject to hydrolysis) is 1. The Morgan fingerprint density at radius 2 is 1.32 bits per heavy atom. The molecule has 5 N–H and O–H groups in total. The molecule has 3 aromatic rings. The number of methoxy groups -OCH3 is 1. The second-order valence-electron chi connectivity index (χ2n) is 15.2. The number of hydrogen-bond acceptors (Lipinski definition) is 8. The van der Waals surface area contributed by atoms with Crippen molar-refractivity contribution in [2.24, 2.45) is 5.92 Å². The lowest BCUT2D eigenvalue weighted by molar-refractivity contribution is -0.165. The van der Waals surface area contributed by atoms with Gasteiger partial charge in [-0.15, -0.1) is 0 Å². The molecule has 0 unspecified atom stereocenters. The van der Waals surface area contributed by atoms with E-state index < -0.39 is 102 Å². The van der Waals surface area contributed by atoms with Crippen LogP contribution in [0, 0.1) is 5.92 Å². The van der Waals surface area contributed by atoms with Gasteiger partial charge in [0.2, 0.25) is 17.6 Å². The van der Waals surface area contributed by atoms with Crippen molar-refractivity contribution in [1.29, 1.82) is 0 Å². The van der Waals surface area contributed by atoms with Gasteiger partial charge < -0.3 is 36.1 Å². The molecule has 21 heteroatoms. The number of carbonyl (C=O) groups excluding carboxylic acids is 6. The molecular weight excluding hydrogens is 859 g/mol. The lowest BCUT2D eigenvalue weighted by Crippen LogP contribution is -2.59. The first kappa shape index (κ1) is 50.4. The standard InChI is InChI=1S/C41H45ClF7N5O8/c1-22(2)30(32(55)41(48,49)35(58)51-21-39(43,44)45)53-34(57)31(25-14-16-28(61-6)17-15-25)54-33(56)29(52-36(59)40(46,47)26-8-7-9-27(42)19-26)18-23-10-12-24(13-11-23)20-50-37(60)62-38(3,4)5/h7-17,19,22,29-31H,18,20-21H2,1-6H3,(H,50,60)(H,51,58)(H,52,59)(H,53,57)(H,54,56)/t29-,30-,31-/m0/s1. The first-order valence-corrected chi connectivity index (χ1v) is 19.0. The summed E-state index contributed by atoms with van der Waals surface area (Å²) >= 11 is 5.88. The van der Waals surface area contributed by atoms with Crippen molar-refractivity contribution in [3.8, 4) is 5.75 Å². The molecule has 0 radical (unpaired) electrons. The predicted octanol–water partition coefficient (Wildman–Crippen LogP) is 6.07. The van der Waals surface area contributed by atoms with Gasteiger partial charge in [0.15, 0.2) is 0 Å². The molecule has 0 aliphatic heterocycles. The molecule has 0 aromatic heterocycles. The molecule has 0 aliphatic carbocycles. The number of alkyl halides is 7. The van der Waals surface area contributed by atoms with Gasteiger partial charge in [0.25, 0.3) is 11.8 Å². The predicted molar refractivity (Wildman–Crippen MR) is 210 cm³/mol. The summed E-state index contributed by atoms with van der Waals surface area (Å²) in [6.07, 6.45) is -6.30. The Bertz CT molecular complexity index is 2080. The number of carbonyl (C=O) groups is 6. The zero-order valence-corrected chi connectivity index (χ0v) is 34.9. The summed E-state index contributed by atoms with van der Waals surface area (Å²) in [4.78, 5) is 78.6. The first-order valence-electron chi connectivity index (χ1n) is 18.7. The second kappa shape index (κ2) is 20.8. The Morgan fingerprint density at radius 3 is 1.85 bits per heavy atom. The summed E-state index contributed by atoms with van der Waals surface area (Å²) in [6, 6.07) is 9.29. The molecule has 0 aliphatic rings. The van der Waals surface area contributed by atoms with Gasteiger partial charge in [0.1, 0.15) is 30.0 Å². The van der Waals surface area contributed by atoms with Gasteiger partial charge in [0.05, 0.1) is 13.2 Å². The van der Waals surface area contributed by atoms with Crippen molar-refractivity contribution >= 4 is 47.1 Å².